The summed E-state index contributed by atoms with van der Waals surface area (Å²) in [6.45, 7) is 1.02. The smallest absolute Gasteiger partial charge is 0.223 e. The standard InChI is InChI=1S/C13H18N4O/c14-13(17-11-4-2-1-3-5-11)16-9-8-15-12(18)10-6-7-10/h1-5,10H,6-9H2,(H,15,18)(H3,14,16,17). The zero-order chi connectivity index (χ0) is 12.8. The van der Waals surface area contributed by atoms with Gasteiger partial charge in [-0.05, 0) is 25.0 Å². The number of nitrogens with two attached hydrogens (primary N) is 1. The van der Waals surface area contributed by atoms with Gasteiger partial charge in [-0.1, -0.05) is 18.2 Å². The first-order valence-electron chi connectivity index (χ1n) is 6.15. The lowest BCUT2D eigenvalue weighted by Gasteiger charge is -2.05. The Hall–Kier alpha value is -2.04. The predicted octanol–water partition coefficient (Wildman–Crippen LogP) is 0.939. The van der Waals surface area contributed by atoms with Crippen molar-refractivity contribution in [1.29, 1.82) is 0 Å². The number of benzene rings is 1. The van der Waals surface area contributed by atoms with Gasteiger partial charge in [0.1, 0.15) is 0 Å². The Morgan fingerprint density at radius 2 is 2.06 bits per heavy atom. The summed E-state index contributed by atoms with van der Waals surface area (Å²) in [5.74, 6) is 0.746. The van der Waals surface area contributed by atoms with E-state index >= 15 is 0 Å². The minimum absolute atomic E-state index is 0.139. The molecule has 1 aromatic rings. The van der Waals surface area contributed by atoms with Crippen LogP contribution in [0.2, 0.25) is 0 Å². The molecular weight excluding hydrogens is 228 g/mol. The summed E-state index contributed by atoms with van der Waals surface area (Å²) < 4.78 is 0. The summed E-state index contributed by atoms with van der Waals surface area (Å²) in [6, 6.07) is 9.61. The molecule has 1 aromatic carbocycles. The summed E-state index contributed by atoms with van der Waals surface area (Å²) in [5, 5.41) is 5.81. The molecule has 1 saturated carbocycles. The van der Waals surface area contributed by atoms with Crippen LogP contribution >= 0.6 is 0 Å². The Bertz CT molecular complexity index is 426. The summed E-state index contributed by atoms with van der Waals surface area (Å²) >= 11 is 0. The maximum absolute atomic E-state index is 11.3. The monoisotopic (exact) mass is 246 g/mol. The van der Waals surface area contributed by atoms with E-state index in [9.17, 15) is 4.79 Å². The summed E-state index contributed by atoms with van der Waals surface area (Å²) in [6.07, 6.45) is 2.04. The summed E-state index contributed by atoms with van der Waals surface area (Å²) in [5.41, 5.74) is 6.62. The van der Waals surface area contributed by atoms with Crippen molar-refractivity contribution in [1.82, 2.24) is 5.32 Å². The van der Waals surface area contributed by atoms with Crippen molar-refractivity contribution >= 4 is 17.6 Å². The van der Waals surface area contributed by atoms with Crippen molar-refractivity contribution in [2.24, 2.45) is 16.6 Å². The molecule has 0 aromatic heterocycles. The van der Waals surface area contributed by atoms with Gasteiger partial charge in [-0.15, -0.1) is 0 Å². The largest absolute Gasteiger partial charge is 0.370 e. The molecular formula is C13H18N4O. The molecule has 1 amide bonds. The third-order valence-corrected chi connectivity index (χ3v) is 2.69. The van der Waals surface area contributed by atoms with Crippen molar-refractivity contribution in [3.8, 4) is 0 Å². The number of anilines is 1. The van der Waals surface area contributed by atoms with E-state index in [0.717, 1.165) is 18.5 Å². The quantitative estimate of drug-likeness (QED) is 0.411. The molecule has 0 radical (unpaired) electrons. The first-order valence-corrected chi connectivity index (χ1v) is 6.15. The van der Waals surface area contributed by atoms with E-state index in [1.54, 1.807) is 0 Å². The highest BCUT2D eigenvalue weighted by molar-refractivity contribution is 5.92. The van der Waals surface area contributed by atoms with Crippen LogP contribution in [0.3, 0.4) is 0 Å². The number of carbonyl (C=O) groups excluding carboxylic acids is 1. The molecule has 5 heteroatoms. The number of guanidine groups is 1. The average Bonchev–Trinajstić information content (AvgIpc) is 3.20. The number of carbonyl (C=O) groups is 1. The van der Waals surface area contributed by atoms with Crippen LogP contribution < -0.4 is 16.4 Å². The zero-order valence-corrected chi connectivity index (χ0v) is 10.2. The second-order valence-corrected chi connectivity index (χ2v) is 4.32. The summed E-state index contributed by atoms with van der Waals surface area (Å²) in [7, 11) is 0. The Labute approximate surface area is 106 Å². The fourth-order valence-electron chi connectivity index (χ4n) is 1.55. The lowest BCUT2D eigenvalue weighted by molar-refractivity contribution is -0.122. The molecule has 0 saturated heterocycles. The molecule has 1 fully saturated rings. The van der Waals surface area contributed by atoms with Crippen molar-refractivity contribution < 1.29 is 4.79 Å². The lowest BCUT2D eigenvalue weighted by Crippen LogP contribution is -2.29. The molecule has 0 spiro atoms. The SMILES string of the molecule is NC(=NCCNC(=O)C1CC1)Nc1ccccc1. The molecule has 1 aliphatic carbocycles. The first kappa shape index (κ1) is 12.4. The van der Waals surface area contributed by atoms with Crippen LogP contribution in [0.25, 0.3) is 0 Å². The number of nitrogens with one attached hydrogen (secondary N) is 2. The van der Waals surface area contributed by atoms with Crippen molar-refractivity contribution in [2.45, 2.75) is 12.8 Å². The van der Waals surface area contributed by atoms with E-state index < -0.39 is 0 Å². The minimum Gasteiger partial charge on any atom is -0.370 e. The molecule has 0 atom stereocenters. The Balaban J connectivity index is 1.67. The van der Waals surface area contributed by atoms with E-state index in [2.05, 4.69) is 15.6 Å². The normalized spacial score (nSPS) is 15.2. The van der Waals surface area contributed by atoms with Crippen LogP contribution in [0.5, 0.6) is 0 Å². The predicted molar refractivity (Wildman–Crippen MR) is 72.3 cm³/mol. The third kappa shape index (κ3) is 4.08. The van der Waals surface area contributed by atoms with Gasteiger partial charge in [0.15, 0.2) is 5.96 Å². The molecule has 2 rings (SSSR count). The van der Waals surface area contributed by atoms with Crippen LogP contribution in [0.15, 0.2) is 35.3 Å². The van der Waals surface area contributed by atoms with Gasteiger partial charge in [-0.2, -0.15) is 0 Å². The second kappa shape index (κ2) is 6.05. The van der Waals surface area contributed by atoms with Crippen LogP contribution in [0, 0.1) is 5.92 Å². The number of hydrogen-bond acceptors (Lipinski definition) is 2. The first-order chi connectivity index (χ1) is 8.75. The van der Waals surface area contributed by atoms with Crippen molar-refractivity contribution in [3.63, 3.8) is 0 Å². The van der Waals surface area contributed by atoms with E-state index in [0.29, 0.717) is 19.0 Å². The van der Waals surface area contributed by atoms with Gasteiger partial charge in [-0.3, -0.25) is 9.79 Å². The van der Waals surface area contributed by atoms with Gasteiger partial charge in [0.05, 0.1) is 6.54 Å². The molecule has 4 N–H and O–H groups in total. The number of amides is 1. The highest BCUT2D eigenvalue weighted by atomic mass is 16.2. The highest BCUT2D eigenvalue weighted by Crippen LogP contribution is 2.28. The topological polar surface area (TPSA) is 79.5 Å². The van der Waals surface area contributed by atoms with E-state index in [1.165, 1.54) is 0 Å². The number of nitrogens with zero attached hydrogens (tertiary/aromatic N) is 1. The van der Waals surface area contributed by atoms with Gasteiger partial charge in [0.2, 0.25) is 5.91 Å². The van der Waals surface area contributed by atoms with Crippen LogP contribution in [0.4, 0.5) is 5.69 Å². The van der Waals surface area contributed by atoms with Crippen molar-refractivity contribution in [3.05, 3.63) is 30.3 Å². The molecule has 96 valence electrons. The molecule has 0 aliphatic heterocycles. The number of aliphatic imine (C=N–C) groups is 1. The second-order valence-electron chi connectivity index (χ2n) is 4.32. The number of para-hydroxylation sites is 1. The molecule has 0 heterocycles. The molecule has 0 bridgehead atoms. The van der Waals surface area contributed by atoms with Gasteiger partial charge in [0, 0.05) is 18.2 Å². The maximum Gasteiger partial charge on any atom is 0.223 e. The lowest BCUT2D eigenvalue weighted by atomic mass is 10.3. The molecule has 5 nitrogen and oxygen atoms in total. The van der Waals surface area contributed by atoms with Crippen LogP contribution in [-0.2, 0) is 4.79 Å². The van der Waals surface area contributed by atoms with Crippen LogP contribution in [-0.4, -0.2) is 25.0 Å². The Morgan fingerprint density at radius 1 is 1.33 bits per heavy atom. The Morgan fingerprint density at radius 3 is 2.72 bits per heavy atom. The zero-order valence-electron chi connectivity index (χ0n) is 10.2. The van der Waals surface area contributed by atoms with Gasteiger partial charge >= 0.3 is 0 Å². The van der Waals surface area contributed by atoms with Gasteiger partial charge in [-0.25, -0.2) is 0 Å². The summed E-state index contributed by atoms with van der Waals surface area (Å²) in [4.78, 5) is 15.5. The third-order valence-electron chi connectivity index (χ3n) is 2.69. The van der Waals surface area contributed by atoms with E-state index in [4.69, 9.17) is 5.73 Å². The molecule has 1 aliphatic rings. The number of hydrogen-bond donors (Lipinski definition) is 3. The van der Waals surface area contributed by atoms with E-state index in [-0.39, 0.29) is 11.8 Å². The van der Waals surface area contributed by atoms with Gasteiger partial charge in [0.25, 0.3) is 0 Å². The van der Waals surface area contributed by atoms with Gasteiger partial charge < -0.3 is 16.4 Å². The fraction of sp³-hybridized carbons (Fsp3) is 0.385. The van der Waals surface area contributed by atoms with Crippen LogP contribution in [0.1, 0.15) is 12.8 Å². The Kier molecular flexibility index (Phi) is 4.17. The number of rotatable bonds is 5. The van der Waals surface area contributed by atoms with E-state index in [1.807, 2.05) is 30.3 Å². The molecule has 18 heavy (non-hydrogen) atoms. The minimum atomic E-state index is 0.139. The molecule has 0 unspecified atom stereocenters. The van der Waals surface area contributed by atoms with Crippen molar-refractivity contribution in [2.75, 3.05) is 18.4 Å². The maximum atomic E-state index is 11.3. The average molecular weight is 246 g/mol. The highest BCUT2D eigenvalue weighted by Gasteiger charge is 2.28. The fourth-order valence-corrected chi connectivity index (χ4v) is 1.55.